The minimum atomic E-state index is -0.126. The second-order valence-electron chi connectivity index (χ2n) is 6.02. The van der Waals surface area contributed by atoms with Crippen LogP contribution in [-0.2, 0) is 9.53 Å². The molecule has 0 unspecified atom stereocenters. The van der Waals surface area contributed by atoms with Crippen molar-refractivity contribution in [2.45, 2.75) is 31.9 Å². The van der Waals surface area contributed by atoms with E-state index in [-0.39, 0.29) is 24.0 Å². The van der Waals surface area contributed by atoms with Crippen molar-refractivity contribution in [2.75, 3.05) is 11.5 Å². The average Bonchev–Trinajstić information content (AvgIpc) is 3.24. The van der Waals surface area contributed by atoms with Crippen molar-refractivity contribution in [2.24, 2.45) is 5.92 Å². The first-order chi connectivity index (χ1) is 11.2. The summed E-state index contributed by atoms with van der Waals surface area (Å²) in [5.74, 6) is 1.08. The molecule has 0 bridgehead atoms. The van der Waals surface area contributed by atoms with Gasteiger partial charge in [-0.2, -0.15) is 0 Å². The van der Waals surface area contributed by atoms with Crippen LogP contribution in [0, 0.1) is 5.92 Å². The minimum absolute atomic E-state index is 0.0419. The number of hydrogen-bond acceptors (Lipinski definition) is 3. The fourth-order valence-electron chi connectivity index (χ4n) is 3.82. The summed E-state index contributed by atoms with van der Waals surface area (Å²) in [6, 6.07) is 9.35. The largest absolute Gasteiger partial charge is 0.467 e. The zero-order chi connectivity index (χ0) is 16.0. The van der Waals surface area contributed by atoms with Crippen LogP contribution in [0.3, 0.4) is 0 Å². The molecule has 5 heteroatoms. The maximum absolute atomic E-state index is 12.7. The lowest BCUT2D eigenvalue weighted by atomic mass is 9.81. The Labute approximate surface area is 140 Å². The van der Waals surface area contributed by atoms with Gasteiger partial charge in [0.15, 0.2) is 0 Å². The Hall–Kier alpha value is -1.78. The number of nitrogens with zero attached hydrogens (tertiary/aromatic N) is 1. The molecule has 120 valence electrons. The van der Waals surface area contributed by atoms with Crippen LogP contribution in [0.1, 0.15) is 43.2 Å². The second kappa shape index (κ2) is 5.69. The highest BCUT2D eigenvalue weighted by molar-refractivity contribution is 6.30. The molecule has 1 aromatic carbocycles. The van der Waals surface area contributed by atoms with Gasteiger partial charge in [0.05, 0.1) is 18.1 Å². The normalized spacial score (nSPS) is 26.0. The van der Waals surface area contributed by atoms with Crippen molar-refractivity contribution in [1.82, 2.24) is 0 Å². The van der Waals surface area contributed by atoms with Crippen LogP contribution >= 0.6 is 11.6 Å². The molecule has 1 saturated heterocycles. The Morgan fingerprint density at radius 3 is 3.00 bits per heavy atom. The number of carbonyl (C=O) groups excluding carboxylic acids is 1. The van der Waals surface area contributed by atoms with Gasteiger partial charge in [0, 0.05) is 29.5 Å². The molecule has 0 spiro atoms. The summed E-state index contributed by atoms with van der Waals surface area (Å²) in [5.41, 5.74) is 1.88. The van der Waals surface area contributed by atoms with E-state index in [4.69, 9.17) is 20.8 Å². The first kappa shape index (κ1) is 14.8. The fourth-order valence-corrected chi connectivity index (χ4v) is 4.00. The molecule has 1 aromatic heterocycles. The van der Waals surface area contributed by atoms with Crippen LogP contribution in [-0.4, -0.2) is 12.5 Å². The summed E-state index contributed by atoms with van der Waals surface area (Å²) in [6.07, 6.45) is 2.96. The SMILES string of the molecule is CCC(=O)N1c2ccc(Cl)cc2[C@H]2OCC[C@@H]2[C@@H]1c1ccco1. The lowest BCUT2D eigenvalue weighted by Crippen LogP contribution is -2.43. The zero-order valence-corrected chi connectivity index (χ0v) is 13.6. The minimum Gasteiger partial charge on any atom is -0.467 e. The van der Waals surface area contributed by atoms with Gasteiger partial charge < -0.3 is 14.1 Å². The second-order valence-corrected chi connectivity index (χ2v) is 6.46. The average molecular weight is 332 g/mol. The van der Waals surface area contributed by atoms with Crippen molar-refractivity contribution in [1.29, 1.82) is 0 Å². The van der Waals surface area contributed by atoms with Gasteiger partial charge in [0.2, 0.25) is 5.91 Å². The molecular formula is C18H18ClNO3. The van der Waals surface area contributed by atoms with E-state index in [0.717, 1.165) is 23.4 Å². The number of benzene rings is 1. The van der Waals surface area contributed by atoms with Gasteiger partial charge in [-0.1, -0.05) is 18.5 Å². The molecule has 3 atom stereocenters. The number of carbonyl (C=O) groups is 1. The molecule has 23 heavy (non-hydrogen) atoms. The summed E-state index contributed by atoms with van der Waals surface area (Å²) < 4.78 is 11.7. The smallest absolute Gasteiger partial charge is 0.227 e. The van der Waals surface area contributed by atoms with Crippen LogP contribution in [0.2, 0.25) is 5.02 Å². The van der Waals surface area contributed by atoms with Crippen molar-refractivity contribution < 1.29 is 13.9 Å². The van der Waals surface area contributed by atoms with E-state index in [0.29, 0.717) is 18.1 Å². The van der Waals surface area contributed by atoms with Gasteiger partial charge in [0.25, 0.3) is 0 Å². The number of halogens is 1. The predicted molar refractivity (Wildman–Crippen MR) is 87.5 cm³/mol. The maximum Gasteiger partial charge on any atom is 0.227 e. The van der Waals surface area contributed by atoms with Gasteiger partial charge in [0.1, 0.15) is 11.8 Å². The monoisotopic (exact) mass is 331 g/mol. The summed E-state index contributed by atoms with van der Waals surface area (Å²) >= 11 is 6.19. The number of hydrogen-bond donors (Lipinski definition) is 0. The standard InChI is InChI=1S/C18H18ClNO3/c1-2-16(21)20-14-6-5-11(19)10-13(14)18-12(7-9-23-18)17(20)15-4-3-8-22-15/h3-6,8,10,12,17-18H,2,7,9H2,1H3/t12-,17-,18+/m1/s1. The third kappa shape index (κ3) is 2.28. The molecule has 3 heterocycles. The van der Waals surface area contributed by atoms with E-state index in [1.165, 1.54) is 0 Å². The Bertz CT molecular complexity index is 728. The Kier molecular flexibility index (Phi) is 3.66. The van der Waals surface area contributed by atoms with E-state index in [1.807, 2.05) is 42.2 Å². The van der Waals surface area contributed by atoms with Crippen LogP contribution < -0.4 is 4.90 Å². The van der Waals surface area contributed by atoms with E-state index < -0.39 is 0 Å². The van der Waals surface area contributed by atoms with Gasteiger partial charge in [-0.3, -0.25) is 4.79 Å². The van der Waals surface area contributed by atoms with Crippen LogP contribution in [0.4, 0.5) is 5.69 Å². The number of ether oxygens (including phenoxy) is 1. The highest BCUT2D eigenvalue weighted by Crippen LogP contribution is 2.53. The Balaban J connectivity index is 1.91. The first-order valence-electron chi connectivity index (χ1n) is 7.97. The summed E-state index contributed by atoms with van der Waals surface area (Å²) in [4.78, 5) is 14.6. The summed E-state index contributed by atoms with van der Waals surface area (Å²) in [7, 11) is 0. The van der Waals surface area contributed by atoms with E-state index in [9.17, 15) is 4.79 Å². The molecule has 4 rings (SSSR count). The number of rotatable bonds is 2. The van der Waals surface area contributed by atoms with E-state index >= 15 is 0 Å². The molecule has 2 aliphatic rings. The Morgan fingerprint density at radius 1 is 1.39 bits per heavy atom. The van der Waals surface area contributed by atoms with Crippen LogP contribution in [0.15, 0.2) is 41.0 Å². The topological polar surface area (TPSA) is 42.7 Å². The van der Waals surface area contributed by atoms with Gasteiger partial charge in [-0.05, 0) is 36.8 Å². The first-order valence-corrected chi connectivity index (χ1v) is 8.35. The van der Waals surface area contributed by atoms with Crippen molar-refractivity contribution in [3.05, 3.63) is 52.9 Å². The third-order valence-electron chi connectivity index (χ3n) is 4.78. The van der Waals surface area contributed by atoms with Crippen LogP contribution in [0.5, 0.6) is 0 Å². The molecular weight excluding hydrogens is 314 g/mol. The lowest BCUT2D eigenvalue weighted by Gasteiger charge is -2.42. The molecule has 1 fully saturated rings. The van der Waals surface area contributed by atoms with Gasteiger partial charge in [-0.15, -0.1) is 0 Å². The van der Waals surface area contributed by atoms with Crippen LogP contribution in [0.25, 0.3) is 0 Å². The third-order valence-corrected chi connectivity index (χ3v) is 5.02. The number of amides is 1. The fraction of sp³-hybridized carbons (Fsp3) is 0.389. The molecule has 4 nitrogen and oxygen atoms in total. The molecule has 0 saturated carbocycles. The van der Waals surface area contributed by atoms with E-state index in [2.05, 4.69) is 0 Å². The molecule has 2 aromatic rings. The number of fused-ring (bicyclic) bond motifs is 3. The lowest BCUT2D eigenvalue weighted by molar-refractivity contribution is -0.119. The highest BCUT2D eigenvalue weighted by Gasteiger charge is 2.48. The molecule has 0 radical (unpaired) electrons. The van der Waals surface area contributed by atoms with Crippen molar-refractivity contribution in [3.63, 3.8) is 0 Å². The molecule has 2 aliphatic heterocycles. The maximum atomic E-state index is 12.7. The van der Waals surface area contributed by atoms with Crippen molar-refractivity contribution >= 4 is 23.2 Å². The molecule has 0 N–H and O–H groups in total. The number of anilines is 1. The molecule has 1 amide bonds. The summed E-state index contributed by atoms with van der Waals surface area (Å²) in [5, 5.41) is 0.665. The van der Waals surface area contributed by atoms with Crippen molar-refractivity contribution in [3.8, 4) is 0 Å². The number of furan rings is 1. The zero-order valence-electron chi connectivity index (χ0n) is 12.9. The van der Waals surface area contributed by atoms with E-state index in [1.54, 1.807) is 6.26 Å². The molecule has 0 aliphatic carbocycles. The highest BCUT2D eigenvalue weighted by atomic mass is 35.5. The summed E-state index contributed by atoms with van der Waals surface area (Å²) in [6.45, 7) is 2.57. The van der Waals surface area contributed by atoms with Gasteiger partial charge >= 0.3 is 0 Å². The predicted octanol–water partition coefficient (Wildman–Crippen LogP) is 4.51. The quantitative estimate of drug-likeness (QED) is 0.813. The Morgan fingerprint density at radius 2 is 2.26 bits per heavy atom. The van der Waals surface area contributed by atoms with Gasteiger partial charge in [-0.25, -0.2) is 0 Å².